The molecule has 0 aliphatic rings. The van der Waals surface area contributed by atoms with Gasteiger partial charge in [-0.05, 0) is 20.8 Å². The third-order valence-electron chi connectivity index (χ3n) is 2.65. The fraction of sp³-hybridized carbons (Fsp3) is 0.636. The van der Waals surface area contributed by atoms with E-state index in [9.17, 15) is 8.42 Å². The first-order valence-electron chi connectivity index (χ1n) is 5.98. The average molecular weight is 272 g/mol. The Morgan fingerprint density at radius 3 is 1.89 bits per heavy atom. The predicted molar refractivity (Wildman–Crippen MR) is 73.5 cm³/mol. The molecule has 1 aromatic rings. The maximum atomic E-state index is 11.6. The van der Waals surface area contributed by atoms with E-state index in [4.69, 9.17) is 0 Å². The van der Waals surface area contributed by atoms with Gasteiger partial charge in [-0.2, -0.15) is 0 Å². The predicted octanol–water partition coefficient (Wildman–Crippen LogP) is 1.11. The fourth-order valence-corrected chi connectivity index (χ4v) is 2.67. The van der Waals surface area contributed by atoms with E-state index in [0.29, 0.717) is 18.2 Å². The lowest BCUT2D eigenvalue weighted by molar-refractivity contribution is 0.597. The highest BCUT2D eigenvalue weighted by Gasteiger charge is 2.16. The Morgan fingerprint density at radius 1 is 1.06 bits per heavy atom. The molecule has 0 amide bonds. The number of anilines is 2. The fourth-order valence-electron chi connectivity index (χ4n) is 1.72. The van der Waals surface area contributed by atoms with Crippen molar-refractivity contribution in [2.45, 2.75) is 20.8 Å². The van der Waals surface area contributed by atoms with Crippen LogP contribution in [0.3, 0.4) is 0 Å². The van der Waals surface area contributed by atoms with Crippen LogP contribution in [0.4, 0.5) is 11.6 Å². The van der Waals surface area contributed by atoms with Crippen molar-refractivity contribution in [3.05, 3.63) is 12.4 Å². The Morgan fingerprint density at radius 2 is 1.56 bits per heavy atom. The third-order valence-corrected chi connectivity index (χ3v) is 3.92. The van der Waals surface area contributed by atoms with Gasteiger partial charge in [0.1, 0.15) is 0 Å². The minimum Gasteiger partial charge on any atom is -0.341 e. The summed E-state index contributed by atoms with van der Waals surface area (Å²) in [5.41, 5.74) is 0.496. The molecule has 0 fully saturated rings. The van der Waals surface area contributed by atoms with Gasteiger partial charge >= 0.3 is 0 Å². The Balaban J connectivity index is 3.01. The van der Waals surface area contributed by atoms with E-state index in [1.165, 1.54) is 10.6 Å². The molecular weight excluding hydrogens is 252 g/mol. The molecule has 1 rings (SSSR count). The summed E-state index contributed by atoms with van der Waals surface area (Å²) in [5, 5.41) is 0. The van der Waals surface area contributed by atoms with Crippen LogP contribution >= 0.6 is 0 Å². The smallest absolute Gasteiger partial charge is 0.232 e. The SMILES string of the molecule is CCN(CC)c1ncc(N(CC)S(C)(=O)=O)cn1. The topological polar surface area (TPSA) is 66.4 Å². The summed E-state index contributed by atoms with van der Waals surface area (Å²) in [6.07, 6.45) is 4.27. The molecule has 6 nitrogen and oxygen atoms in total. The van der Waals surface area contributed by atoms with Gasteiger partial charge in [0.25, 0.3) is 0 Å². The second-order valence-corrected chi connectivity index (χ2v) is 5.75. The molecule has 102 valence electrons. The zero-order chi connectivity index (χ0) is 13.8. The van der Waals surface area contributed by atoms with Crippen LogP contribution in [0.25, 0.3) is 0 Å². The first-order chi connectivity index (χ1) is 8.43. The first-order valence-corrected chi connectivity index (χ1v) is 7.83. The molecule has 0 atom stereocenters. The molecular formula is C11H20N4O2S. The summed E-state index contributed by atoms with van der Waals surface area (Å²) in [6.45, 7) is 7.83. The monoisotopic (exact) mass is 272 g/mol. The molecule has 1 aromatic heterocycles. The van der Waals surface area contributed by atoms with Gasteiger partial charge < -0.3 is 4.90 Å². The van der Waals surface area contributed by atoms with E-state index >= 15 is 0 Å². The number of sulfonamides is 1. The number of hydrogen-bond acceptors (Lipinski definition) is 5. The second-order valence-electron chi connectivity index (χ2n) is 3.84. The van der Waals surface area contributed by atoms with Crippen molar-refractivity contribution in [1.29, 1.82) is 0 Å². The van der Waals surface area contributed by atoms with Crippen LogP contribution in [-0.4, -0.2) is 44.3 Å². The molecule has 7 heteroatoms. The van der Waals surface area contributed by atoms with Crippen LogP contribution in [0.5, 0.6) is 0 Å². The lowest BCUT2D eigenvalue weighted by Gasteiger charge is -2.22. The third kappa shape index (κ3) is 3.32. The maximum Gasteiger partial charge on any atom is 0.232 e. The second kappa shape index (κ2) is 5.99. The molecule has 0 bridgehead atoms. The van der Waals surface area contributed by atoms with Crippen molar-refractivity contribution in [1.82, 2.24) is 9.97 Å². The van der Waals surface area contributed by atoms with E-state index in [2.05, 4.69) is 9.97 Å². The minimum absolute atomic E-state index is 0.368. The molecule has 0 aliphatic heterocycles. The quantitative estimate of drug-likeness (QED) is 0.776. The number of nitrogens with zero attached hydrogens (tertiary/aromatic N) is 4. The average Bonchev–Trinajstić information content (AvgIpc) is 2.31. The van der Waals surface area contributed by atoms with Gasteiger partial charge in [0, 0.05) is 19.6 Å². The molecule has 0 aliphatic carbocycles. The van der Waals surface area contributed by atoms with Gasteiger partial charge in [0.15, 0.2) is 0 Å². The maximum absolute atomic E-state index is 11.6. The van der Waals surface area contributed by atoms with Crippen molar-refractivity contribution in [2.24, 2.45) is 0 Å². The molecule has 0 spiro atoms. The number of aromatic nitrogens is 2. The van der Waals surface area contributed by atoms with Gasteiger partial charge in [0.2, 0.25) is 16.0 Å². The summed E-state index contributed by atoms with van der Waals surface area (Å²) in [5.74, 6) is 0.619. The van der Waals surface area contributed by atoms with Crippen molar-refractivity contribution >= 4 is 21.7 Å². The Kier molecular flexibility index (Phi) is 4.89. The summed E-state index contributed by atoms with van der Waals surface area (Å²) in [7, 11) is -3.27. The summed E-state index contributed by atoms with van der Waals surface area (Å²) >= 11 is 0. The largest absolute Gasteiger partial charge is 0.341 e. The Hall–Kier alpha value is -1.37. The minimum atomic E-state index is -3.27. The van der Waals surface area contributed by atoms with Crippen LogP contribution < -0.4 is 9.21 Å². The highest BCUT2D eigenvalue weighted by atomic mass is 32.2. The van der Waals surface area contributed by atoms with Crippen molar-refractivity contribution in [2.75, 3.05) is 35.1 Å². The summed E-state index contributed by atoms with van der Waals surface area (Å²) in [6, 6.07) is 0. The molecule has 0 radical (unpaired) electrons. The van der Waals surface area contributed by atoms with Gasteiger partial charge in [-0.25, -0.2) is 18.4 Å². The Labute approximate surface area is 109 Å². The lowest BCUT2D eigenvalue weighted by atomic mass is 10.5. The van der Waals surface area contributed by atoms with Crippen molar-refractivity contribution in [3.8, 4) is 0 Å². The lowest BCUT2D eigenvalue weighted by Crippen LogP contribution is -2.30. The van der Waals surface area contributed by atoms with E-state index in [0.717, 1.165) is 13.1 Å². The van der Waals surface area contributed by atoms with Crippen LogP contribution in [-0.2, 0) is 10.0 Å². The molecule has 0 unspecified atom stereocenters. The van der Waals surface area contributed by atoms with Crippen LogP contribution in [0.15, 0.2) is 12.4 Å². The van der Waals surface area contributed by atoms with Crippen LogP contribution in [0.2, 0.25) is 0 Å². The van der Waals surface area contributed by atoms with Crippen molar-refractivity contribution < 1.29 is 8.42 Å². The number of hydrogen-bond donors (Lipinski definition) is 0. The molecule has 0 saturated carbocycles. The first kappa shape index (κ1) is 14.7. The van der Waals surface area contributed by atoms with E-state index in [1.54, 1.807) is 19.3 Å². The van der Waals surface area contributed by atoms with Crippen LogP contribution in [0, 0.1) is 0 Å². The normalized spacial score (nSPS) is 11.3. The van der Waals surface area contributed by atoms with E-state index in [1.807, 2.05) is 18.7 Å². The molecule has 18 heavy (non-hydrogen) atoms. The molecule has 1 heterocycles. The zero-order valence-corrected chi connectivity index (χ0v) is 12.1. The van der Waals surface area contributed by atoms with Crippen molar-refractivity contribution in [3.63, 3.8) is 0 Å². The van der Waals surface area contributed by atoms with Gasteiger partial charge in [-0.3, -0.25) is 4.31 Å². The highest BCUT2D eigenvalue weighted by molar-refractivity contribution is 7.92. The number of rotatable bonds is 6. The molecule has 0 saturated heterocycles. The Bertz CT molecular complexity index is 468. The van der Waals surface area contributed by atoms with Gasteiger partial charge in [0.05, 0.1) is 24.3 Å². The summed E-state index contributed by atoms with van der Waals surface area (Å²) < 4.78 is 24.4. The summed E-state index contributed by atoms with van der Waals surface area (Å²) in [4.78, 5) is 10.4. The van der Waals surface area contributed by atoms with E-state index in [-0.39, 0.29) is 0 Å². The van der Waals surface area contributed by atoms with Gasteiger partial charge in [-0.15, -0.1) is 0 Å². The standard InChI is InChI=1S/C11H20N4O2S/c1-5-14(6-2)11-12-8-10(9-13-11)15(7-3)18(4,16)17/h8-9H,5-7H2,1-4H3. The van der Waals surface area contributed by atoms with Crippen LogP contribution in [0.1, 0.15) is 20.8 Å². The molecule has 0 aromatic carbocycles. The highest BCUT2D eigenvalue weighted by Crippen LogP contribution is 2.16. The zero-order valence-electron chi connectivity index (χ0n) is 11.3. The molecule has 0 N–H and O–H groups in total. The van der Waals surface area contributed by atoms with E-state index < -0.39 is 10.0 Å². The van der Waals surface area contributed by atoms with Gasteiger partial charge in [-0.1, -0.05) is 0 Å².